The van der Waals surface area contributed by atoms with Crippen LogP contribution in [0.2, 0.25) is 0 Å². The predicted molar refractivity (Wildman–Crippen MR) is 128 cm³/mol. The Kier molecular flexibility index (Phi) is 5.24. The average molecular weight is 379 g/mol. The maximum absolute atomic E-state index is 2.37. The Morgan fingerprint density at radius 2 is 0.966 bits per heavy atom. The fourth-order valence-electron chi connectivity index (χ4n) is 5.20. The molecule has 0 atom stereocenters. The summed E-state index contributed by atoms with van der Waals surface area (Å²) in [5.41, 5.74) is 11.0. The maximum atomic E-state index is 2.37. The molecule has 0 radical (unpaired) electrons. The van der Waals surface area contributed by atoms with E-state index in [4.69, 9.17) is 0 Å². The molecule has 0 amide bonds. The van der Waals surface area contributed by atoms with E-state index in [0.717, 1.165) is 6.42 Å². The molecule has 0 heteroatoms. The van der Waals surface area contributed by atoms with Crippen LogP contribution < -0.4 is 0 Å². The van der Waals surface area contributed by atoms with E-state index in [9.17, 15) is 0 Å². The third kappa shape index (κ3) is 2.39. The van der Waals surface area contributed by atoms with Crippen LogP contribution in [0.15, 0.2) is 103 Å². The van der Waals surface area contributed by atoms with Gasteiger partial charge in [-0.1, -0.05) is 119 Å². The molecule has 6 rings (SSSR count). The summed E-state index contributed by atoms with van der Waals surface area (Å²) in [6.45, 7) is 0. The van der Waals surface area contributed by atoms with Crippen molar-refractivity contribution < 1.29 is 0 Å². The van der Waals surface area contributed by atoms with E-state index in [1.165, 1.54) is 44.5 Å². The van der Waals surface area contributed by atoms with Crippen molar-refractivity contribution >= 4 is 5.57 Å². The second-order valence-electron chi connectivity index (χ2n) is 7.25. The number of hydrogen-bond donors (Lipinski definition) is 0. The number of benzene rings is 3. The molecule has 29 heavy (non-hydrogen) atoms. The summed E-state index contributed by atoms with van der Waals surface area (Å²) < 4.78 is 0. The van der Waals surface area contributed by atoms with Crippen LogP contribution in [-0.4, -0.2) is 0 Å². The standard InChI is InChI=1S/C26H18.3CH4/c1-2-10-18-19-11-4-7-15-23(19)26(22(18)14-3-1)24-16-8-5-12-20(24)21-13-6-9-17-25(21)26;;;/h2-17H,1H2;3*1H4. The monoisotopic (exact) mass is 378 g/mol. The molecule has 146 valence electrons. The van der Waals surface area contributed by atoms with Gasteiger partial charge in [0.15, 0.2) is 0 Å². The van der Waals surface area contributed by atoms with Crippen molar-refractivity contribution in [1.82, 2.24) is 0 Å². The molecule has 0 aliphatic heterocycles. The van der Waals surface area contributed by atoms with E-state index < -0.39 is 0 Å². The van der Waals surface area contributed by atoms with Crippen molar-refractivity contribution in [2.75, 3.05) is 0 Å². The minimum atomic E-state index is -0.190. The van der Waals surface area contributed by atoms with E-state index in [2.05, 4.69) is 97.1 Å². The molecule has 1 spiro atoms. The Labute approximate surface area is 175 Å². The topological polar surface area (TPSA) is 0 Å². The normalized spacial score (nSPS) is 15.9. The first kappa shape index (κ1) is 20.6. The minimum absolute atomic E-state index is 0. The van der Waals surface area contributed by atoms with Crippen LogP contribution in [0.25, 0.3) is 16.7 Å². The largest absolute Gasteiger partial charge is 0.0804 e. The van der Waals surface area contributed by atoms with Gasteiger partial charge >= 0.3 is 0 Å². The van der Waals surface area contributed by atoms with E-state index in [1.54, 1.807) is 0 Å². The molecule has 3 aromatic carbocycles. The molecule has 0 aromatic heterocycles. The molecule has 0 fully saturated rings. The zero-order valence-corrected chi connectivity index (χ0v) is 14.4. The lowest BCUT2D eigenvalue weighted by molar-refractivity contribution is 0.786. The number of fused-ring (bicyclic) bond motifs is 9. The number of hydrogen-bond acceptors (Lipinski definition) is 0. The van der Waals surface area contributed by atoms with Crippen molar-refractivity contribution in [2.24, 2.45) is 0 Å². The first-order valence-electron chi connectivity index (χ1n) is 9.29. The second kappa shape index (κ2) is 7.37. The van der Waals surface area contributed by atoms with E-state index in [1.807, 2.05) is 0 Å². The Bertz CT molecular complexity index is 1110. The highest BCUT2D eigenvalue weighted by Gasteiger charge is 2.51. The van der Waals surface area contributed by atoms with Gasteiger partial charge in [-0.15, -0.1) is 0 Å². The van der Waals surface area contributed by atoms with Crippen molar-refractivity contribution in [2.45, 2.75) is 34.1 Å². The molecule has 3 aromatic rings. The van der Waals surface area contributed by atoms with Gasteiger partial charge in [-0.3, -0.25) is 0 Å². The molecule has 0 heterocycles. The molecule has 3 aliphatic carbocycles. The molecule has 0 unspecified atom stereocenters. The Balaban J connectivity index is 0.000000801. The van der Waals surface area contributed by atoms with Crippen LogP contribution in [0.4, 0.5) is 0 Å². The van der Waals surface area contributed by atoms with E-state index in [0.29, 0.717) is 0 Å². The summed E-state index contributed by atoms with van der Waals surface area (Å²) in [6, 6.07) is 26.9. The van der Waals surface area contributed by atoms with Crippen LogP contribution in [0.3, 0.4) is 0 Å². The lowest BCUT2D eigenvalue weighted by Crippen LogP contribution is -2.26. The fourth-order valence-corrected chi connectivity index (χ4v) is 5.20. The zero-order valence-electron chi connectivity index (χ0n) is 14.4. The van der Waals surface area contributed by atoms with Crippen LogP contribution in [0, 0.1) is 0 Å². The maximum Gasteiger partial charge on any atom is 0.0725 e. The van der Waals surface area contributed by atoms with Crippen LogP contribution in [0.1, 0.15) is 51.0 Å². The quantitative estimate of drug-likeness (QED) is 0.370. The fraction of sp³-hybridized carbons (Fsp3) is 0.172. The highest BCUT2D eigenvalue weighted by Crippen LogP contribution is 2.62. The SMILES string of the molecule is C.C.C.C1=CC2=C(C=CC1)C1(c3ccccc32)c2ccccc2-c2ccccc21. The van der Waals surface area contributed by atoms with Crippen molar-refractivity contribution in [1.29, 1.82) is 0 Å². The molecule has 0 saturated heterocycles. The smallest absolute Gasteiger partial charge is 0.0725 e. The average Bonchev–Trinajstić information content (AvgIpc) is 3.00. The second-order valence-corrected chi connectivity index (χ2v) is 7.25. The summed E-state index contributed by atoms with van der Waals surface area (Å²) in [5, 5.41) is 0. The van der Waals surface area contributed by atoms with Gasteiger partial charge in [0.1, 0.15) is 0 Å². The van der Waals surface area contributed by atoms with Crippen LogP contribution in [0.5, 0.6) is 0 Å². The van der Waals surface area contributed by atoms with E-state index in [-0.39, 0.29) is 27.7 Å². The third-order valence-electron chi connectivity index (χ3n) is 6.11. The molecular formula is C29H30. The highest BCUT2D eigenvalue weighted by atomic mass is 14.5. The molecule has 0 saturated carbocycles. The van der Waals surface area contributed by atoms with Crippen LogP contribution in [-0.2, 0) is 5.41 Å². The van der Waals surface area contributed by atoms with Gasteiger partial charge in [0.2, 0.25) is 0 Å². The Morgan fingerprint density at radius 3 is 1.55 bits per heavy atom. The van der Waals surface area contributed by atoms with E-state index >= 15 is 0 Å². The van der Waals surface area contributed by atoms with Gasteiger partial charge in [0.05, 0.1) is 5.41 Å². The summed E-state index contributed by atoms with van der Waals surface area (Å²) in [4.78, 5) is 0. The molecular weight excluding hydrogens is 348 g/mol. The van der Waals surface area contributed by atoms with Crippen molar-refractivity contribution in [3.05, 3.63) is 125 Å². The van der Waals surface area contributed by atoms with Gasteiger partial charge in [0, 0.05) is 0 Å². The number of allylic oxidation sites excluding steroid dienone is 6. The van der Waals surface area contributed by atoms with Gasteiger partial charge in [-0.05, 0) is 50.9 Å². The molecule has 0 N–H and O–H groups in total. The lowest BCUT2D eigenvalue weighted by Gasteiger charge is -2.31. The summed E-state index contributed by atoms with van der Waals surface area (Å²) >= 11 is 0. The minimum Gasteiger partial charge on any atom is -0.0804 e. The summed E-state index contributed by atoms with van der Waals surface area (Å²) in [7, 11) is 0. The zero-order chi connectivity index (χ0) is 17.1. The summed E-state index contributed by atoms with van der Waals surface area (Å²) in [6.07, 6.45) is 10.3. The first-order chi connectivity index (χ1) is 12.9. The van der Waals surface area contributed by atoms with Crippen molar-refractivity contribution in [3.63, 3.8) is 0 Å². The van der Waals surface area contributed by atoms with Gasteiger partial charge in [0.25, 0.3) is 0 Å². The highest BCUT2D eigenvalue weighted by molar-refractivity contribution is 5.97. The Morgan fingerprint density at radius 1 is 0.517 bits per heavy atom. The molecule has 0 bridgehead atoms. The first-order valence-corrected chi connectivity index (χ1v) is 9.29. The van der Waals surface area contributed by atoms with Crippen molar-refractivity contribution in [3.8, 4) is 11.1 Å². The van der Waals surface area contributed by atoms with Gasteiger partial charge in [-0.25, -0.2) is 0 Å². The number of rotatable bonds is 0. The van der Waals surface area contributed by atoms with Gasteiger partial charge in [-0.2, -0.15) is 0 Å². The summed E-state index contributed by atoms with van der Waals surface area (Å²) in [5.74, 6) is 0. The Hall–Kier alpha value is -3.12. The lowest BCUT2D eigenvalue weighted by atomic mass is 9.69. The third-order valence-corrected chi connectivity index (χ3v) is 6.11. The van der Waals surface area contributed by atoms with Crippen LogP contribution >= 0.6 is 0 Å². The van der Waals surface area contributed by atoms with Gasteiger partial charge < -0.3 is 0 Å². The molecule has 3 aliphatic rings. The molecule has 0 nitrogen and oxygen atoms in total. The predicted octanol–water partition coefficient (Wildman–Crippen LogP) is 8.19.